The molecule has 1 aromatic rings. The first-order valence-electron chi connectivity index (χ1n) is 6.47. The Hall–Kier alpha value is -1.52. The lowest BCUT2D eigenvalue weighted by atomic mass is 9.75. The summed E-state index contributed by atoms with van der Waals surface area (Å²) in [5.74, 6) is 0.651. The topological polar surface area (TPSA) is 75.0 Å². The van der Waals surface area contributed by atoms with Gasteiger partial charge in [-0.2, -0.15) is 5.10 Å². The van der Waals surface area contributed by atoms with E-state index in [9.17, 15) is 4.79 Å². The predicted octanol–water partition coefficient (Wildman–Crippen LogP) is 1.89. The third kappa shape index (κ3) is 2.49. The molecule has 2 rings (SSSR count). The van der Waals surface area contributed by atoms with Crippen molar-refractivity contribution in [1.82, 2.24) is 15.1 Å². The van der Waals surface area contributed by atoms with E-state index in [2.05, 4.69) is 31.0 Å². The van der Waals surface area contributed by atoms with Gasteiger partial charge in [-0.3, -0.25) is 9.89 Å². The molecule has 1 fully saturated rings. The molecule has 0 bridgehead atoms. The number of nitrogen functional groups attached to an aromatic ring is 1. The van der Waals surface area contributed by atoms with Crippen molar-refractivity contribution < 1.29 is 4.79 Å². The number of amides is 1. The van der Waals surface area contributed by atoms with Crippen LogP contribution < -0.4 is 5.73 Å². The van der Waals surface area contributed by atoms with E-state index in [4.69, 9.17) is 5.73 Å². The summed E-state index contributed by atoms with van der Waals surface area (Å²) in [6, 6.07) is 0. The van der Waals surface area contributed by atoms with E-state index in [1.807, 2.05) is 4.90 Å². The van der Waals surface area contributed by atoms with Crippen LogP contribution in [-0.2, 0) is 0 Å². The van der Waals surface area contributed by atoms with Gasteiger partial charge in [0, 0.05) is 13.1 Å². The quantitative estimate of drug-likeness (QED) is 0.799. The molecule has 0 aliphatic carbocycles. The smallest absolute Gasteiger partial charge is 0.274 e. The van der Waals surface area contributed by atoms with Gasteiger partial charge in [-0.25, -0.2) is 0 Å². The fourth-order valence-electron chi connectivity index (χ4n) is 2.57. The maximum atomic E-state index is 12.2. The molecule has 0 radical (unpaired) electrons. The molecule has 3 N–H and O–H groups in total. The molecule has 5 nitrogen and oxygen atoms in total. The molecular formula is C13H22N4O. The predicted molar refractivity (Wildman–Crippen MR) is 71.1 cm³/mol. The van der Waals surface area contributed by atoms with Crippen molar-refractivity contribution in [3.8, 4) is 0 Å². The highest BCUT2D eigenvalue weighted by molar-refractivity contribution is 5.97. The number of piperidine rings is 1. The number of likely N-dealkylation sites (tertiary alicyclic amines) is 1. The zero-order valence-corrected chi connectivity index (χ0v) is 11.4. The summed E-state index contributed by atoms with van der Waals surface area (Å²) in [5, 5.41) is 6.47. The van der Waals surface area contributed by atoms with Crippen LogP contribution in [0.4, 0.5) is 5.69 Å². The van der Waals surface area contributed by atoms with E-state index in [1.165, 1.54) is 6.20 Å². The van der Waals surface area contributed by atoms with Crippen molar-refractivity contribution in [2.45, 2.75) is 33.6 Å². The van der Waals surface area contributed by atoms with Gasteiger partial charge in [0.1, 0.15) is 5.69 Å². The van der Waals surface area contributed by atoms with Crippen molar-refractivity contribution in [2.75, 3.05) is 18.8 Å². The van der Waals surface area contributed by atoms with Crippen LogP contribution in [0.15, 0.2) is 6.20 Å². The minimum absolute atomic E-state index is 0.0302. The standard InChI is InChI=1S/C13H22N4O/c1-13(2,3)9-4-6-17(7-5-9)12(18)11-10(14)8-15-16-11/h8-9H,4-7,14H2,1-3H3,(H,15,16). The second-order valence-corrected chi connectivity index (χ2v) is 6.13. The molecule has 5 heteroatoms. The number of nitrogens with one attached hydrogen (secondary N) is 1. The normalized spacial score (nSPS) is 18.1. The Bertz CT molecular complexity index is 424. The number of anilines is 1. The van der Waals surface area contributed by atoms with Crippen LogP contribution in [0, 0.1) is 11.3 Å². The number of nitrogens with zero attached hydrogens (tertiary/aromatic N) is 2. The molecule has 1 aliphatic rings. The first-order valence-corrected chi connectivity index (χ1v) is 6.47. The van der Waals surface area contributed by atoms with Gasteiger partial charge >= 0.3 is 0 Å². The summed E-state index contributed by atoms with van der Waals surface area (Å²) < 4.78 is 0. The van der Waals surface area contributed by atoms with Gasteiger partial charge in [0.05, 0.1) is 11.9 Å². The molecule has 1 aromatic heterocycles. The molecule has 1 saturated heterocycles. The third-order valence-corrected chi connectivity index (χ3v) is 3.89. The second-order valence-electron chi connectivity index (χ2n) is 6.13. The number of aromatic amines is 1. The number of carbonyl (C=O) groups is 1. The lowest BCUT2D eigenvalue weighted by Gasteiger charge is -2.38. The van der Waals surface area contributed by atoms with Crippen molar-refractivity contribution in [3.05, 3.63) is 11.9 Å². The average molecular weight is 250 g/mol. The van der Waals surface area contributed by atoms with Gasteiger partial charge in [-0.1, -0.05) is 20.8 Å². The van der Waals surface area contributed by atoms with Crippen molar-refractivity contribution in [1.29, 1.82) is 0 Å². The lowest BCUT2D eigenvalue weighted by Crippen LogP contribution is -2.41. The van der Waals surface area contributed by atoms with Gasteiger partial charge in [-0.05, 0) is 24.2 Å². The number of aromatic nitrogens is 2. The molecule has 0 atom stereocenters. The summed E-state index contributed by atoms with van der Waals surface area (Å²) in [6.45, 7) is 8.41. The molecule has 1 aliphatic heterocycles. The van der Waals surface area contributed by atoms with Crippen molar-refractivity contribution in [3.63, 3.8) is 0 Å². The summed E-state index contributed by atoms with van der Waals surface area (Å²) >= 11 is 0. The maximum absolute atomic E-state index is 12.2. The monoisotopic (exact) mass is 250 g/mol. The third-order valence-electron chi connectivity index (χ3n) is 3.89. The lowest BCUT2D eigenvalue weighted by molar-refractivity contribution is 0.0604. The Labute approximate surface area is 108 Å². The van der Waals surface area contributed by atoms with Crippen LogP contribution >= 0.6 is 0 Å². The molecule has 0 saturated carbocycles. The summed E-state index contributed by atoms with van der Waals surface area (Å²) in [7, 11) is 0. The Morgan fingerprint density at radius 2 is 2.06 bits per heavy atom. The number of nitrogens with two attached hydrogens (primary N) is 1. The minimum atomic E-state index is -0.0302. The van der Waals surface area contributed by atoms with E-state index in [0.717, 1.165) is 25.9 Å². The number of hydrogen-bond acceptors (Lipinski definition) is 3. The van der Waals surface area contributed by atoms with E-state index in [1.54, 1.807) is 0 Å². The highest BCUT2D eigenvalue weighted by Crippen LogP contribution is 2.34. The van der Waals surface area contributed by atoms with E-state index < -0.39 is 0 Å². The molecule has 0 unspecified atom stereocenters. The van der Waals surface area contributed by atoms with Gasteiger partial charge in [-0.15, -0.1) is 0 Å². The minimum Gasteiger partial charge on any atom is -0.396 e. The molecular weight excluding hydrogens is 228 g/mol. The summed E-state index contributed by atoms with van der Waals surface area (Å²) in [4.78, 5) is 14.1. The number of carbonyl (C=O) groups excluding carboxylic acids is 1. The second kappa shape index (κ2) is 4.63. The Morgan fingerprint density at radius 3 is 2.50 bits per heavy atom. The van der Waals surface area contributed by atoms with Gasteiger partial charge in [0.25, 0.3) is 5.91 Å². The fourth-order valence-corrected chi connectivity index (χ4v) is 2.57. The summed E-state index contributed by atoms with van der Waals surface area (Å²) in [5.41, 5.74) is 6.87. The van der Waals surface area contributed by atoms with Crippen LogP contribution in [0.5, 0.6) is 0 Å². The van der Waals surface area contributed by atoms with E-state index in [-0.39, 0.29) is 5.91 Å². The maximum Gasteiger partial charge on any atom is 0.274 e. The zero-order chi connectivity index (χ0) is 13.3. The zero-order valence-electron chi connectivity index (χ0n) is 11.4. The van der Waals surface area contributed by atoms with Crippen LogP contribution in [0.25, 0.3) is 0 Å². The molecule has 0 aromatic carbocycles. The average Bonchev–Trinajstić information content (AvgIpc) is 2.73. The van der Waals surface area contributed by atoms with Crippen LogP contribution in [0.2, 0.25) is 0 Å². The van der Waals surface area contributed by atoms with Crippen LogP contribution in [0.3, 0.4) is 0 Å². The van der Waals surface area contributed by atoms with Gasteiger partial charge < -0.3 is 10.6 Å². The van der Waals surface area contributed by atoms with E-state index >= 15 is 0 Å². The number of H-pyrrole nitrogens is 1. The highest BCUT2D eigenvalue weighted by atomic mass is 16.2. The van der Waals surface area contributed by atoms with Crippen LogP contribution in [0.1, 0.15) is 44.1 Å². The van der Waals surface area contributed by atoms with Crippen molar-refractivity contribution >= 4 is 11.6 Å². The van der Waals surface area contributed by atoms with Gasteiger partial charge in [0.2, 0.25) is 0 Å². The molecule has 100 valence electrons. The Morgan fingerprint density at radius 1 is 1.44 bits per heavy atom. The molecule has 0 spiro atoms. The number of hydrogen-bond donors (Lipinski definition) is 2. The fraction of sp³-hybridized carbons (Fsp3) is 0.692. The highest BCUT2D eigenvalue weighted by Gasteiger charge is 2.31. The summed E-state index contributed by atoms with van der Waals surface area (Å²) in [6.07, 6.45) is 3.60. The van der Waals surface area contributed by atoms with Gasteiger partial charge in [0.15, 0.2) is 0 Å². The first-order chi connectivity index (χ1) is 8.39. The Balaban J connectivity index is 1.99. The first kappa shape index (κ1) is 12.9. The molecule has 18 heavy (non-hydrogen) atoms. The number of rotatable bonds is 1. The van der Waals surface area contributed by atoms with Crippen molar-refractivity contribution in [2.24, 2.45) is 11.3 Å². The molecule has 1 amide bonds. The van der Waals surface area contributed by atoms with Crippen LogP contribution in [-0.4, -0.2) is 34.1 Å². The Kier molecular flexibility index (Phi) is 3.32. The van der Waals surface area contributed by atoms with E-state index in [0.29, 0.717) is 22.7 Å². The molecule has 2 heterocycles. The largest absolute Gasteiger partial charge is 0.396 e. The SMILES string of the molecule is CC(C)(C)C1CCN(C(=O)c2[nH]ncc2N)CC1.